The maximum atomic E-state index is 11.8. The molecule has 0 aliphatic rings. The van der Waals surface area contributed by atoms with Crippen LogP contribution in [0.25, 0.3) is 0 Å². The van der Waals surface area contributed by atoms with Gasteiger partial charge >= 0.3 is 12.1 Å². The van der Waals surface area contributed by atoms with Crippen molar-refractivity contribution >= 4 is 35.8 Å². The van der Waals surface area contributed by atoms with Gasteiger partial charge in [-0.25, -0.2) is 9.69 Å². The predicted octanol–water partition coefficient (Wildman–Crippen LogP) is -0.786. The van der Waals surface area contributed by atoms with E-state index in [9.17, 15) is 24.1 Å². The molecule has 0 bridgehead atoms. The van der Waals surface area contributed by atoms with E-state index in [0.29, 0.717) is 16.8 Å². The SMILES string of the molecule is CN(C(=O)O)C(=O)C(CSN=O)NC(=O)CCC(N)C(=O)O. The number of carbonyl (C=O) groups is 4. The zero-order valence-electron chi connectivity index (χ0n) is 11.6. The van der Waals surface area contributed by atoms with Crippen LogP contribution in [0.3, 0.4) is 0 Å². The summed E-state index contributed by atoms with van der Waals surface area (Å²) in [5.74, 6) is -3.16. The number of amides is 3. The first kappa shape index (κ1) is 19.8. The van der Waals surface area contributed by atoms with Crippen molar-refractivity contribution in [1.29, 1.82) is 0 Å². The number of carbonyl (C=O) groups excluding carboxylic acids is 2. The largest absolute Gasteiger partial charge is 0.480 e. The lowest BCUT2D eigenvalue weighted by Gasteiger charge is -2.20. The van der Waals surface area contributed by atoms with Gasteiger partial charge in [0, 0.05) is 35.8 Å². The van der Waals surface area contributed by atoms with Gasteiger partial charge in [0.2, 0.25) is 5.91 Å². The molecule has 12 heteroatoms. The first-order valence-electron chi connectivity index (χ1n) is 5.93. The Kier molecular flexibility index (Phi) is 8.70. The lowest BCUT2D eigenvalue weighted by molar-refractivity contribution is -0.139. The van der Waals surface area contributed by atoms with Crippen molar-refractivity contribution in [2.24, 2.45) is 10.3 Å². The van der Waals surface area contributed by atoms with Gasteiger partial charge in [0.25, 0.3) is 5.91 Å². The molecule has 22 heavy (non-hydrogen) atoms. The van der Waals surface area contributed by atoms with E-state index in [1.165, 1.54) is 0 Å². The third-order valence-corrected chi connectivity index (χ3v) is 3.13. The summed E-state index contributed by atoms with van der Waals surface area (Å²) in [6.45, 7) is 0. The second-order valence-corrected chi connectivity index (χ2v) is 4.89. The van der Waals surface area contributed by atoms with E-state index in [2.05, 4.69) is 9.90 Å². The molecule has 0 heterocycles. The van der Waals surface area contributed by atoms with E-state index in [1.807, 2.05) is 0 Å². The highest BCUT2D eigenvalue weighted by atomic mass is 32.2. The monoisotopic (exact) mass is 336 g/mol. The number of rotatable bonds is 9. The zero-order chi connectivity index (χ0) is 17.3. The van der Waals surface area contributed by atoms with Crippen LogP contribution in [0.1, 0.15) is 12.8 Å². The summed E-state index contributed by atoms with van der Waals surface area (Å²) in [6.07, 6.45) is -1.95. The number of carboxylic acid groups (broad SMARTS) is 2. The number of carboxylic acids is 1. The van der Waals surface area contributed by atoms with Crippen molar-refractivity contribution in [2.75, 3.05) is 12.8 Å². The third kappa shape index (κ3) is 6.99. The number of nitrogens with zero attached hydrogens (tertiary/aromatic N) is 2. The average molecular weight is 336 g/mol. The molecule has 0 aromatic carbocycles. The van der Waals surface area contributed by atoms with Crippen molar-refractivity contribution < 1.29 is 29.4 Å². The number of likely N-dealkylation sites (N-methyl/N-ethyl adjacent to an activating group) is 1. The molecular formula is C10H16N4O7S. The van der Waals surface area contributed by atoms with E-state index < -0.39 is 36.0 Å². The maximum absolute atomic E-state index is 11.8. The number of nitrogens with two attached hydrogens (primary N) is 1. The highest BCUT2D eigenvalue weighted by Gasteiger charge is 2.27. The lowest BCUT2D eigenvalue weighted by atomic mass is 10.1. The van der Waals surface area contributed by atoms with Crippen molar-refractivity contribution in [3.05, 3.63) is 4.91 Å². The molecule has 0 aliphatic carbocycles. The van der Waals surface area contributed by atoms with Crippen molar-refractivity contribution in [1.82, 2.24) is 10.2 Å². The number of hydrogen-bond acceptors (Lipinski definition) is 8. The molecule has 0 rings (SSSR count). The Hall–Kier alpha value is -2.21. The van der Waals surface area contributed by atoms with Crippen LogP contribution in [0.5, 0.6) is 0 Å². The van der Waals surface area contributed by atoms with Crippen LogP contribution in [0.2, 0.25) is 0 Å². The van der Waals surface area contributed by atoms with Gasteiger partial charge in [0.05, 0.1) is 0 Å². The fourth-order valence-corrected chi connectivity index (χ4v) is 1.72. The summed E-state index contributed by atoms with van der Waals surface area (Å²) < 4.78 is 2.47. The van der Waals surface area contributed by atoms with Crippen LogP contribution in [0.15, 0.2) is 4.58 Å². The summed E-state index contributed by atoms with van der Waals surface area (Å²) in [7, 11) is 0.989. The molecule has 0 spiro atoms. The van der Waals surface area contributed by atoms with Gasteiger partial charge in [0.1, 0.15) is 12.1 Å². The smallest absolute Gasteiger partial charge is 0.413 e. The Morgan fingerprint density at radius 1 is 1.32 bits per heavy atom. The minimum Gasteiger partial charge on any atom is -0.480 e. The average Bonchev–Trinajstić information content (AvgIpc) is 2.46. The predicted molar refractivity (Wildman–Crippen MR) is 75.8 cm³/mol. The molecule has 0 aromatic rings. The molecule has 0 saturated carbocycles. The Bertz CT molecular complexity index is 459. The van der Waals surface area contributed by atoms with Crippen LogP contribution >= 0.6 is 11.9 Å². The first-order valence-corrected chi connectivity index (χ1v) is 6.87. The molecule has 0 aliphatic heterocycles. The van der Waals surface area contributed by atoms with Crippen LogP contribution in [0, 0.1) is 4.91 Å². The number of nitrogens with one attached hydrogen (secondary N) is 1. The first-order chi connectivity index (χ1) is 10.2. The molecule has 3 amide bonds. The zero-order valence-corrected chi connectivity index (χ0v) is 12.4. The quantitative estimate of drug-likeness (QED) is 0.310. The van der Waals surface area contributed by atoms with Gasteiger partial charge in [-0.2, -0.15) is 0 Å². The summed E-state index contributed by atoms with van der Waals surface area (Å²) in [5.41, 5.74) is 5.23. The summed E-state index contributed by atoms with van der Waals surface area (Å²) in [4.78, 5) is 55.1. The molecule has 0 radical (unpaired) electrons. The Balaban J connectivity index is 4.67. The Labute approximate surface area is 129 Å². The molecule has 0 aromatic heterocycles. The number of imide groups is 1. The molecule has 0 fully saturated rings. The molecule has 124 valence electrons. The van der Waals surface area contributed by atoms with Crippen molar-refractivity contribution in [3.63, 3.8) is 0 Å². The number of nitroso groups, excluding NO2 is 1. The van der Waals surface area contributed by atoms with Crippen LogP contribution in [0.4, 0.5) is 4.79 Å². The fraction of sp³-hybridized carbons (Fsp3) is 0.600. The van der Waals surface area contributed by atoms with Crippen LogP contribution < -0.4 is 11.1 Å². The molecule has 11 nitrogen and oxygen atoms in total. The second kappa shape index (κ2) is 9.68. The van der Waals surface area contributed by atoms with E-state index in [4.69, 9.17) is 15.9 Å². The second-order valence-electron chi connectivity index (χ2n) is 4.15. The number of aliphatic carboxylic acids is 1. The van der Waals surface area contributed by atoms with Crippen molar-refractivity contribution in [2.45, 2.75) is 24.9 Å². The Morgan fingerprint density at radius 3 is 2.36 bits per heavy atom. The minimum absolute atomic E-state index is 0.157. The minimum atomic E-state index is -1.53. The van der Waals surface area contributed by atoms with Crippen LogP contribution in [-0.2, 0) is 14.4 Å². The van der Waals surface area contributed by atoms with Gasteiger partial charge < -0.3 is 21.3 Å². The van der Waals surface area contributed by atoms with Gasteiger partial charge in [0.15, 0.2) is 0 Å². The van der Waals surface area contributed by atoms with Crippen molar-refractivity contribution in [3.8, 4) is 0 Å². The maximum Gasteiger partial charge on any atom is 0.413 e. The van der Waals surface area contributed by atoms with Gasteiger partial charge in [-0.15, -0.1) is 4.91 Å². The summed E-state index contributed by atoms with van der Waals surface area (Å²) >= 11 is 0.440. The standard InChI is InChI=1S/C10H16N4O7S/c1-14(10(19)20)8(16)6(4-22-13-21)12-7(15)3-2-5(11)9(17)18/h5-6H,2-4,11H2,1H3,(H,12,15)(H,17,18)(H,19,20). The topological polar surface area (TPSA) is 179 Å². The third-order valence-electron chi connectivity index (χ3n) is 2.54. The van der Waals surface area contributed by atoms with E-state index in [1.54, 1.807) is 0 Å². The summed E-state index contributed by atoms with van der Waals surface area (Å²) in [5, 5.41) is 19.5. The highest BCUT2D eigenvalue weighted by Crippen LogP contribution is 2.07. The molecule has 0 saturated heterocycles. The molecular weight excluding hydrogens is 320 g/mol. The fourth-order valence-electron chi connectivity index (χ4n) is 1.28. The summed E-state index contributed by atoms with van der Waals surface area (Å²) in [6, 6.07) is -2.51. The van der Waals surface area contributed by atoms with Gasteiger partial charge in [-0.3, -0.25) is 14.4 Å². The molecule has 2 atom stereocenters. The van der Waals surface area contributed by atoms with E-state index in [-0.39, 0.29) is 18.6 Å². The lowest BCUT2D eigenvalue weighted by Crippen LogP contribution is -2.50. The normalized spacial score (nSPS) is 12.8. The Morgan fingerprint density at radius 2 is 1.91 bits per heavy atom. The van der Waals surface area contributed by atoms with E-state index in [0.717, 1.165) is 7.05 Å². The van der Waals surface area contributed by atoms with Crippen LogP contribution in [-0.4, -0.2) is 63.9 Å². The van der Waals surface area contributed by atoms with E-state index >= 15 is 0 Å². The van der Waals surface area contributed by atoms with Gasteiger partial charge in [-0.05, 0) is 6.42 Å². The molecule has 5 N–H and O–H groups in total. The number of hydrogen-bond donors (Lipinski definition) is 4. The molecule has 2 unspecified atom stereocenters. The highest BCUT2D eigenvalue weighted by molar-refractivity contribution is 7.97. The van der Waals surface area contributed by atoms with Gasteiger partial charge in [-0.1, -0.05) is 0 Å².